The van der Waals surface area contributed by atoms with Crippen molar-refractivity contribution in [1.29, 1.82) is 0 Å². The minimum Gasteiger partial charge on any atom is -0.226 e. The molecule has 0 N–H and O–H groups in total. The summed E-state index contributed by atoms with van der Waals surface area (Å²) in [6, 6.07) is 1.88. The molecule has 0 spiro atoms. The third-order valence-corrected chi connectivity index (χ3v) is 4.28. The Hall–Kier alpha value is -0.280. The minimum atomic E-state index is 0.571. The van der Waals surface area contributed by atoms with Crippen LogP contribution in [0.4, 0.5) is 0 Å². The second-order valence-electron chi connectivity index (χ2n) is 4.49. The first kappa shape index (κ1) is 12.2. The molecule has 0 saturated heterocycles. The Morgan fingerprint density at radius 3 is 2.88 bits per heavy atom. The van der Waals surface area contributed by atoms with Crippen LogP contribution in [0.1, 0.15) is 44.9 Å². The lowest BCUT2D eigenvalue weighted by Gasteiger charge is -2.08. The van der Waals surface area contributed by atoms with Crippen LogP contribution in [-0.4, -0.2) is 15.7 Å². The van der Waals surface area contributed by atoms with Crippen molar-refractivity contribution in [3.63, 3.8) is 0 Å². The van der Waals surface area contributed by atoms with Crippen LogP contribution >= 0.6 is 23.4 Å². The molecule has 0 aliphatic heterocycles. The molecule has 1 aromatic heterocycles. The number of rotatable bonds is 5. The summed E-state index contributed by atoms with van der Waals surface area (Å²) in [5.74, 6) is 3.34. The molecule has 2 nitrogen and oxygen atoms in total. The maximum Gasteiger partial charge on any atom is 0.134 e. The molecule has 2 rings (SSSR count). The van der Waals surface area contributed by atoms with Gasteiger partial charge in [-0.15, -0.1) is 11.8 Å². The first-order valence-corrected chi connectivity index (χ1v) is 7.22. The zero-order valence-corrected chi connectivity index (χ0v) is 11.3. The molecule has 16 heavy (non-hydrogen) atoms. The summed E-state index contributed by atoms with van der Waals surface area (Å²) in [7, 11) is 0. The summed E-state index contributed by atoms with van der Waals surface area (Å²) in [6.07, 6.45) is 3.65. The molecule has 1 unspecified atom stereocenters. The molecular formula is C12H17ClN2S. The summed E-state index contributed by atoms with van der Waals surface area (Å²) < 4.78 is 0. The van der Waals surface area contributed by atoms with E-state index in [2.05, 4.69) is 23.8 Å². The van der Waals surface area contributed by atoms with E-state index in [1.807, 2.05) is 6.07 Å². The van der Waals surface area contributed by atoms with Crippen molar-refractivity contribution in [2.75, 3.05) is 5.75 Å². The summed E-state index contributed by atoms with van der Waals surface area (Å²) in [4.78, 5) is 8.85. The minimum absolute atomic E-state index is 0.571. The number of thioether (sulfide) groups is 1. The van der Waals surface area contributed by atoms with Gasteiger partial charge in [0, 0.05) is 17.7 Å². The summed E-state index contributed by atoms with van der Waals surface area (Å²) in [6.45, 7) is 4.48. The zero-order chi connectivity index (χ0) is 11.5. The maximum absolute atomic E-state index is 6.01. The first-order chi connectivity index (χ1) is 7.69. The molecule has 4 heteroatoms. The van der Waals surface area contributed by atoms with E-state index in [1.165, 1.54) is 19.3 Å². The predicted octanol–water partition coefficient (Wildman–Crippen LogP) is 4.15. The number of aromatic nitrogens is 2. The van der Waals surface area contributed by atoms with Crippen molar-refractivity contribution in [3.05, 3.63) is 17.0 Å². The highest BCUT2D eigenvalue weighted by Crippen LogP contribution is 2.39. The van der Waals surface area contributed by atoms with Crippen molar-refractivity contribution in [2.45, 2.75) is 44.1 Å². The van der Waals surface area contributed by atoms with E-state index >= 15 is 0 Å². The van der Waals surface area contributed by atoms with Crippen LogP contribution < -0.4 is 0 Å². The Kier molecular flexibility index (Phi) is 4.09. The van der Waals surface area contributed by atoms with Crippen molar-refractivity contribution >= 4 is 23.4 Å². The number of hydrogen-bond acceptors (Lipinski definition) is 3. The Morgan fingerprint density at radius 1 is 1.50 bits per heavy atom. The average Bonchev–Trinajstić information content (AvgIpc) is 3.09. The van der Waals surface area contributed by atoms with Crippen molar-refractivity contribution < 1.29 is 0 Å². The highest BCUT2D eigenvalue weighted by atomic mass is 35.5. The van der Waals surface area contributed by atoms with E-state index in [9.17, 15) is 0 Å². The highest BCUT2D eigenvalue weighted by Gasteiger charge is 2.27. The molecule has 88 valence electrons. The van der Waals surface area contributed by atoms with E-state index in [0.29, 0.717) is 11.1 Å². The molecule has 0 amide bonds. The predicted molar refractivity (Wildman–Crippen MR) is 69.2 cm³/mol. The first-order valence-electron chi connectivity index (χ1n) is 5.86. The standard InChI is InChI=1S/C12H17ClN2S/c1-3-8(2)7-16-11-6-10(13)14-12(15-11)9-4-5-9/h6,8-9H,3-5,7H2,1-2H3. The van der Waals surface area contributed by atoms with Crippen molar-refractivity contribution in [2.24, 2.45) is 5.92 Å². The van der Waals surface area contributed by atoms with Gasteiger partial charge in [0.2, 0.25) is 0 Å². The van der Waals surface area contributed by atoms with E-state index in [1.54, 1.807) is 11.8 Å². The van der Waals surface area contributed by atoms with Crippen molar-refractivity contribution in [3.8, 4) is 0 Å². The van der Waals surface area contributed by atoms with Gasteiger partial charge in [-0.25, -0.2) is 9.97 Å². The monoisotopic (exact) mass is 256 g/mol. The largest absolute Gasteiger partial charge is 0.226 e. The van der Waals surface area contributed by atoms with Gasteiger partial charge in [0.15, 0.2) is 0 Å². The van der Waals surface area contributed by atoms with Gasteiger partial charge in [-0.1, -0.05) is 31.9 Å². The third kappa shape index (κ3) is 3.36. The van der Waals surface area contributed by atoms with Crippen LogP contribution in [0.2, 0.25) is 5.15 Å². The molecule has 0 radical (unpaired) electrons. The van der Waals surface area contributed by atoms with Crippen LogP contribution in [0, 0.1) is 5.92 Å². The van der Waals surface area contributed by atoms with Gasteiger partial charge in [0.25, 0.3) is 0 Å². The molecule has 1 aliphatic carbocycles. The fourth-order valence-corrected chi connectivity index (χ4v) is 2.66. The molecule has 0 bridgehead atoms. The van der Waals surface area contributed by atoms with Crippen LogP contribution in [0.5, 0.6) is 0 Å². The van der Waals surface area contributed by atoms with E-state index in [4.69, 9.17) is 11.6 Å². The normalized spacial score (nSPS) is 17.4. The van der Waals surface area contributed by atoms with Gasteiger partial charge in [-0.3, -0.25) is 0 Å². The smallest absolute Gasteiger partial charge is 0.134 e. The van der Waals surface area contributed by atoms with E-state index in [-0.39, 0.29) is 0 Å². The van der Waals surface area contributed by atoms with Gasteiger partial charge < -0.3 is 0 Å². The molecule has 1 saturated carbocycles. The lowest BCUT2D eigenvalue weighted by Crippen LogP contribution is -1.98. The van der Waals surface area contributed by atoms with Crippen LogP contribution in [0.3, 0.4) is 0 Å². The van der Waals surface area contributed by atoms with Crippen LogP contribution in [0.25, 0.3) is 0 Å². The third-order valence-electron chi connectivity index (χ3n) is 2.84. The maximum atomic E-state index is 6.01. The number of nitrogens with zero attached hydrogens (tertiary/aromatic N) is 2. The van der Waals surface area contributed by atoms with Gasteiger partial charge in [0.1, 0.15) is 16.0 Å². The van der Waals surface area contributed by atoms with Crippen LogP contribution in [0.15, 0.2) is 11.1 Å². The molecule has 1 atom stereocenters. The number of hydrogen-bond donors (Lipinski definition) is 0. The van der Waals surface area contributed by atoms with Crippen LogP contribution in [-0.2, 0) is 0 Å². The quantitative estimate of drug-likeness (QED) is 0.585. The molecule has 1 fully saturated rings. The van der Waals surface area contributed by atoms with Gasteiger partial charge in [0.05, 0.1) is 0 Å². The van der Waals surface area contributed by atoms with E-state index < -0.39 is 0 Å². The van der Waals surface area contributed by atoms with Crippen molar-refractivity contribution in [1.82, 2.24) is 9.97 Å². The summed E-state index contributed by atoms with van der Waals surface area (Å²) in [5.41, 5.74) is 0. The molecular weight excluding hydrogens is 240 g/mol. The Bertz CT molecular complexity index is 366. The van der Waals surface area contributed by atoms with Gasteiger partial charge in [-0.05, 0) is 18.8 Å². The molecule has 1 aromatic rings. The Labute approximate surface area is 106 Å². The molecule has 1 heterocycles. The summed E-state index contributed by atoms with van der Waals surface area (Å²) in [5, 5.41) is 1.62. The SMILES string of the molecule is CCC(C)CSc1cc(Cl)nc(C2CC2)n1. The van der Waals surface area contributed by atoms with Gasteiger partial charge in [-0.2, -0.15) is 0 Å². The second-order valence-corrected chi connectivity index (χ2v) is 5.91. The topological polar surface area (TPSA) is 25.8 Å². The summed E-state index contributed by atoms with van der Waals surface area (Å²) >= 11 is 7.80. The Balaban J connectivity index is 2.02. The van der Waals surface area contributed by atoms with Gasteiger partial charge >= 0.3 is 0 Å². The molecule has 0 aromatic carbocycles. The molecule has 1 aliphatic rings. The highest BCUT2D eigenvalue weighted by molar-refractivity contribution is 7.99. The lowest BCUT2D eigenvalue weighted by molar-refractivity contribution is 0.636. The Morgan fingerprint density at radius 2 is 2.25 bits per heavy atom. The fourth-order valence-electron chi connectivity index (χ4n) is 1.36. The average molecular weight is 257 g/mol. The number of halogens is 1. The fraction of sp³-hybridized carbons (Fsp3) is 0.667. The zero-order valence-electron chi connectivity index (χ0n) is 9.74. The lowest BCUT2D eigenvalue weighted by atomic mass is 10.2. The van der Waals surface area contributed by atoms with E-state index in [0.717, 1.165) is 22.5 Å². The second kappa shape index (κ2) is 5.37.